The fraction of sp³-hybridized carbons (Fsp3) is 0.389. The standard InChI is InChI=1S/C18H21N5O2/c1-25-14-9-5-6-12(10-14)20-18-21-16-15(17(24)22-18)11-19-23(16)13-7-3-2-4-8-13/h2-4,7-8,11-12,14H,5-6,9-10H2,1H3,(H2,20,21,22,24). The Kier molecular flexibility index (Phi) is 4.23. The van der Waals surface area contributed by atoms with Crippen LogP contribution < -0.4 is 10.9 Å². The predicted octanol–water partition coefficient (Wildman–Crippen LogP) is 2.48. The van der Waals surface area contributed by atoms with E-state index in [1.807, 2.05) is 30.3 Å². The van der Waals surface area contributed by atoms with Gasteiger partial charge in [0.15, 0.2) is 5.65 Å². The summed E-state index contributed by atoms with van der Waals surface area (Å²) in [5.41, 5.74) is 1.24. The van der Waals surface area contributed by atoms with Crippen LogP contribution in [-0.2, 0) is 4.74 Å². The van der Waals surface area contributed by atoms with Crippen molar-refractivity contribution in [1.82, 2.24) is 19.7 Å². The zero-order valence-electron chi connectivity index (χ0n) is 14.1. The largest absolute Gasteiger partial charge is 0.381 e. The first-order valence-corrected chi connectivity index (χ1v) is 8.57. The third-order valence-electron chi connectivity index (χ3n) is 4.74. The van der Waals surface area contributed by atoms with Crippen LogP contribution in [0.1, 0.15) is 25.7 Å². The number of rotatable bonds is 4. The van der Waals surface area contributed by atoms with E-state index in [9.17, 15) is 4.79 Å². The van der Waals surface area contributed by atoms with Crippen LogP contribution in [0.5, 0.6) is 0 Å². The highest BCUT2D eigenvalue weighted by Crippen LogP contribution is 2.23. The summed E-state index contributed by atoms with van der Waals surface area (Å²) >= 11 is 0. The normalized spacial score (nSPS) is 20.7. The Balaban J connectivity index is 1.68. The second-order valence-corrected chi connectivity index (χ2v) is 6.41. The molecule has 4 rings (SSSR count). The number of aromatic amines is 1. The topological polar surface area (TPSA) is 84.8 Å². The van der Waals surface area contributed by atoms with Crippen molar-refractivity contribution in [2.75, 3.05) is 12.4 Å². The molecule has 0 spiro atoms. The van der Waals surface area contributed by atoms with E-state index in [1.165, 1.54) is 0 Å². The number of para-hydroxylation sites is 1. The highest BCUT2D eigenvalue weighted by molar-refractivity contribution is 5.76. The summed E-state index contributed by atoms with van der Waals surface area (Å²) < 4.78 is 7.16. The molecule has 130 valence electrons. The van der Waals surface area contributed by atoms with Crippen LogP contribution in [0.3, 0.4) is 0 Å². The van der Waals surface area contributed by atoms with Crippen LogP contribution in [0.4, 0.5) is 5.95 Å². The van der Waals surface area contributed by atoms with Gasteiger partial charge < -0.3 is 10.1 Å². The van der Waals surface area contributed by atoms with Crippen molar-refractivity contribution >= 4 is 17.0 Å². The maximum atomic E-state index is 12.4. The Morgan fingerprint density at radius 1 is 1.28 bits per heavy atom. The molecule has 1 aromatic carbocycles. The van der Waals surface area contributed by atoms with Crippen LogP contribution in [0.2, 0.25) is 0 Å². The van der Waals surface area contributed by atoms with Gasteiger partial charge in [0.1, 0.15) is 5.39 Å². The zero-order chi connectivity index (χ0) is 17.2. The minimum absolute atomic E-state index is 0.186. The van der Waals surface area contributed by atoms with E-state index in [-0.39, 0.29) is 17.7 Å². The Morgan fingerprint density at radius 2 is 2.12 bits per heavy atom. The molecule has 1 aliphatic rings. The number of anilines is 1. The van der Waals surface area contributed by atoms with E-state index < -0.39 is 0 Å². The highest BCUT2D eigenvalue weighted by Gasteiger charge is 2.22. The molecule has 2 heterocycles. The average molecular weight is 339 g/mol. The molecule has 0 saturated heterocycles. The van der Waals surface area contributed by atoms with Crippen LogP contribution in [0, 0.1) is 0 Å². The van der Waals surface area contributed by atoms with E-state index in [1.54, 1.807) is 18.0 Å². The maximum absolute atomic E-state index is 12.4. The fourth-order valence-corrected chi connectivity index (χ4v) is 3.43. The smallest absolute Gasteiger partial charge is 0.263 e. The van der Waals surface area contributed by atoms with Gasteiger partial charge in [0.25, 0.3) is 5.56 Å². The SMILES string of the molecule is COC1CCCC(Nc2nc3c(cnn3-c3ccccc3)c(=O)[nH]2)C1. The number of nitrogens with one attached hydrogen (secondary N) is 2. The first-order chi connectivity index (χ1) is 12.2. The Hall–Kier alpha value is -2.67. The zero-order valence-corrected chi connectivity index (χ0v) is 14.1. The number of ether oxygens (including phenoxy) is 1. The maximum Gasteiger partial charge on any atom is 0.263 e. The van der Waals surface area contributed by atoms with Gasteiger partial charge >= 0.3 is 0 Å². The lowest BCUT2D eigenvalue weighted by atomic mass is 9.93. The van der Waals surface area contributed by atoms with Crippen molar-refractivity contribution in [1.29, 1.82) is 0 Å². The van der Waals surface area contributed by atoms with E-state index in [0.29, 0.717) is 17.0 Å². The van der Waals surface area contributed by atoms with Crippen molar-refractivity contribution < 1.29 is 4.74 Å². The average Bonchev–Trinajstić information content (AvgIpc) is 3.07. The summed E-state index contributed by atoms with van der Waals surface area (Å²) in [6, 6.07) is 9.92. The number of aromatic nitrogens is 4. The number of hydrogen-bond donors (Lipinski definition) is 2. The molecule has 25 heavy (non-hydrogen) atoms. The fourth-order valence-electron chi connectivity index (χ4n) is 3.43. The van der Waals surface area contributed by atoms with Gasteiger partial charge in [-0.1, -0.05) is 18.2 Å². The lowest BCUT2D eigenvalue weighted by Crippen LogP contribution is -2.32. The summed E-state index contributed by atoms with van der Waals surface area (Å²) in [5, 5.41) is 8.16. The van der Waals surface area contributed by atoms with E-state index >= 15 is 0 Å². The van der Waals surface area contributed by atoms with E-state index in [4.69, 9.17) is 4.74 Å². The van der Waals surface area contributed by atoms with Gasteiger partial charge in [-0.05, 0) is 37.8 Å². The molecule has 2 N–H and O–H groups in total. The molecule has 3 aromatic rings. The number of fused-ring (bicyclic) bond motifs is 1. The van der Waals surface area contributed by atoms with Crippen molar-refractivity contribution in [3.8, 4) is 5.69 Å². The molecule has 0 bridgehead atoms. The molecule has 1 saturated carbocycles. The van der Waals surface area contributed by atoms with Crippen molar-refractivity contribution in [3.05, 3.63) is 46.9 Å². The molecular weight excluding hydrogens is 318 g/mol. The van der Waals surface area contributed by atoms with Crippen molar-refractivity contribution in [2.45, 2.75) is 37.8 Å². The minimum atomic E-state index is -0.186. The number of nitrogens with zero attached hydrogens (tertiary/aromatic N) is 3. The van der Waals surface area contributed by atoms with E-state index in [2.05, 4.69) is 20.4 Å². The molecule has 2 atom stereocenters. The van der Waals surface area contributed by atoms with Gasteiger partial charge in [-0.25, -0.2) is 4.68 Å². The summed E-state index contributed by atoms with van der Waals surface area (Å²) in [4.78, 5) is 19.8. The van der Waals surface area contributed by atoms with E-state index in [0.717, 1.165) is 31.4 Å². The lowest BCUT2D eigenvalue weighted by molar-refractivity contribution is 0.0668. The third-order valence-corrected chi connectivity index (χ3v) is 4.74. The van der Waals surface area contributed by atoms with Gasteiger partial charge in [0, 0.05) is 13.2 Å². The van der Waals surface area contributed by atoms with Crippen molar-refractivity contribution in [3.63, 3.8) is 0 Å². The number of benzene rings is 1. The molecule has 2 aromatic heterocycles. The second kappa shape index (κ2) is 6.68. The molecule has 0 amide bonds. The molecule has 0 radical (unpaired) electrons. The van der Waals surface area contributed by atoms with Crippen LogP contribution >= 0.6 is 0 Å². The molecular formula is C18H21N5O2. The molecule has 7 heteroatoms. The third kappa shape index (κ3) is 3.15. The lowest BCUT2D eigenvalue weighted by Gasteiger charge is -2.28. The Morgan fingerprint density at radius 3 is 2.92 bits per heavy atom. The molecule has 7 nitrogen and oxygen atoms in total. The molecule has 1 fully saturated rings. The van der Waals surface area contributed by atoms with Gasteiger partial charge in [-0.3, -0.25) is 9.78 Å². The predicted molar refractivity (Wildman–Crippen MR) is 96.2 cm³/mol. The Labute approximate surface area is 145 Å². The monoisotopic (exact) mass is 339 g/mol. The Bertz CT molecular complexity index is 918. The number of hydrogen-bond acceptors (Lipinski definition) is 5. The van der Waals surface area contributed by atoms with Crippen LogP contribution in [0.25, 0.3) is 16.7 Å². The quantitative estimate of drug-likeness (QED) is 0.763. The van der Waals surface area contributed by atoms with Gasteiger partial charge in [-0.2, -0.15) is 10.1 Å². The van der Waals surface area contributed by atoms with Gasteiger partial charge in [-0.15, -0.1) is 0 Å². The van der Waals surface area contributed by atoms with Crippen LogP contribution in [-0.4, -0.2) is 39.0 Å². The molecule has 2 unspecified atom stereocenters. The van der Waals surface area contributed by atoms with Crippen molar-refractivity contribution in [2.24, 2.45) is 0 Å². The van der Waals surface area contributed by atoms with Gasteiger partial charge in [0.2, 0.25) is 5.95 Å². The minimum Gasteiger partial charge on any atom is -0.381 e. The molecule has 1 aliphatic carbocycles. The summed E-state index contributed by atoms with van der Waals surface area (Å²) in [6.45, 7) is 0. The highest BCUT2D eigenvalue weighted by atomic mass is 16.5. The van der Waals surface area contributed by atoms with Gasteiger partial charge in [0.05, 0.1) is 18.0 Å². The number of H-pyrrole nitrogens is 1. The van der Waals surface area contributed by atoms with Crippen LogP contribution in [0.15, 0.2) is 41.3 Å². The summed E-state index contributed by atoms with van der Waals surface area (Å²) in [5.74, 6) is 0.483. The molecule has 0 aliphatic heterocycles. The number of methoxy groups -OCH3 is 1. The first kappa shape index (κ1) is 15.8. The summed E-state index contributed by atoms with van der Waals surface area (Å²) in [7, 11) is 1.75. The second-order valence-electron chi connectivity index (χ2n) is 6.41. The first-order valence-electron chi connectivity index (χ1n) is 8.57. The summed E-state index contributed by atoms with van der Waals surface area (Å²) in [6.07, 6.45) is 5.95.